The summed E-state index contributed by atoms with van der Waals surface area (Å²) >= 11 is 0. The SMILES string of the molecule is C[C@H](NCCCC(C)(C)C(N)=NO)C1CCCCCC1. The molecule has 0 amide bonds. The van der Waals surface area contributed by atoms with Crippen LogP contribution in [0.4, 0.5) is 0 Å². The van der Waals surface area contributed by atoms with Crippen LogP contribution in [0.5, 0.6) is 0 Å². The van der Waals surface area contributed by atoms with Crippen molar-refractivity contribution in [2.24, 2.45) is 22.2 Å². The number of nitrogens with zero attached hydrogens (tertiary/aromatic N) is 1. The zero-order valence-corrected chi connectivity index (χ0v) is 13.5. The monoisotopic (exact) mass is 283 g/mol. The van der Waals surface area contributed by atoms with Crippen LogP contribution in [0.2, 0.25) is 0 Å². The molecule has 4 N–H and O–H groups in total. The minimum Gasteiger partial charge on any atom is -0.409 e. The van der Waals surface area contributed by atoms with Gasteiger partial charge in [0.2, 0.25) is 0 Å². The van der Waals surface area contributed by atoms with Crippen molar-refractivity contribution in [1.29, 1.82) is 0 Å². The molecule has 1 aliphatic rings. The number of hydrogen-bond acceptors (Lipinski definition) is 3. The highest BCUT2D eigenvalue weighted by molar-refractivity contribution is 5.85. The van der Waals surface area contributed by atoms with Crippen molar-refractivity contribution in [3.8, 4) is 0 Å². The fraction of sp³-hybridized carbons (Fsp3) is 0.938. The molecule has 0 aliphatic heterocycles. The van der Waals surface area contributed by atoms with E-state index in [2.05, 4.69) is 17.4 Å². The molecular formula is C16H33N3O. The number of oxime groups is 1. The van der Waals surface area contributed by atoms with Crippen LogP contribution in [-0.4, -0.2) is 23.6 Å². The first-order valence-corrected chi connectivity index (χ1v) is 8.19. The van der Waals surface area contributed by atoms with E-state index < -0.39 is 0 Å². The third kappa shape index (κ3) is 5.70. The Kier molecular flexibility index (Phi) is 7.35. The number of nitrogens with one attached hydrogen (secondary N) is 1. The summed E-state index contributed by atoms with van der Waals surface area (Å²) in [4.78, 5) is 0. The average molecular weight is 283 g/mol. The second kappa shape index (κ2) is 8.50. The second-order valence-corrected chi connectivity index (χ2v) is 6.97. The predicted molar refractivity (Wildman–Crippen MR) is 85.1 cm³/mol. The van der Waals surface area contributed by atoms with Gasteiger partial charge in [-0.05, 0) is 45.1 Å². The highest BCUT2D eigenvalue weighted by Crippen LogP contribution is 2.26. The summed E-state index contributed by atoms with van der Waals surface area (Å²) in [6, 6.07) is 0.611. The van der Waals surface area contributed by atoms with E-state index in [-0.39, 0.29) is 5.41 Å². The second-order valence-electron chi connectivity index (χ2n) is 6.97. The minimum absolute atomic E-state index is 0.220. The Balaban J connectivity index is 2.23. The maximum atomic E-state index is 8.76. The number of rotatable bonds is 7. The van der Waals surface area contributed by atoms with E-state index in [9.17, 15) is 0 Å². The summed E-state index contributed by atoms with van der Waals surface area (Å²) in [6.07, 6.45) is 10.4. The van der Waals surface area contributed by atoms with E-state index in [4.69, 9.17) is 10.9 Å². The van der Waals surface area contributed by atoms with Gasteiger partial charge in [-0.1, -0.05) is 44.7 Å². The van der Waals surface area contributed by atoms with Gasteiger partial charge in [-0.2, -0.15) is 0 Å². The molecular weight excluding hydrogens is 250 g/mol. The lowest BCUT2D eigenvalue weighted by molar-refractivity contribution is 0.301. The lowest BCUT2D eigenvalue weighted by Crippen LogP contribution is -2.36. The van der Waals surface area contributed by atoms with Gasteiger partial charge in [0.05, 0.1) is 0 Å². The average Bonchev–Trinajstić information content (AvgIpc) is 2.71. The van der Waals surface area contributed by atoms with Crippen molar-refractivity contribution < 1.29 is 5.21 Å². The Morgan fingerprint density at radius 3 is 2.45 bits per heavy atom. The Morgan fingerprint density at radius 1 is 1.30 bits per heavy atom. The Hall–Kier alpha value is -0.770. The van der Waals surface area contributed by atoms with Crippen molar-refractivity contribution in [1.82, 2.24) is 5.32 Å². The van der Waals surface area contributed by atoms with Crippen molar-refractivity contribution in [2.75, 3.05) is 6.54 Å². The zero-order chi connectivity index (χ0) is 15.0. The molecule has 0 bridgehead atoms. The Labute approximate surface area is 124 Å². The predicted octanol–water partition coefficient (Wildman–Crippen LogP) is 3.49. The fourth-order valence-electron chi connectivity index (χ4n) is 3.10. The topological polar surface area (TPSA) is 70.6 Å². The van der Waals surface area contributed by atoms with Gasteiger partial charge >= 0.3 is 0 Å². The van der Waals surface area contributed by atoms with Crippen molar-refractivity contribution in [3.05, 3.63) is 0 Å². The first-order valence-electron chi connectivity index (χ1n) is 8.19. The molecule has 1 saturated carbocycles. The van der Waals surface area contributed by atoms with Gasteiger partial charge in [-0.25, -0.2) is 0 Å². The highest BCUT2D eigenvalue weighted by Gasteiger charge is 2.23. The van der Waals surface area contributed by atoms with Gasteiger partial charge in [0.25, 0.3) is 0 Å². The van der Waals surface area contributed by atoms with Gasteiger partial charge in [-0.3, -0.25) is 0 Å². The van der Waals surface area contributed by atoms with Gasteiger partial charge in [0.1, 0.15) is 5.84 Å². The maximum absolute atomic E-state index is 8.76. The molecule has 1 rings (SSSR count). The molecule has 0 heterocycles. The largest absolute Gasteiger partial charge is 0.409 e. The van der Waals surface area contributed by atoms with Crippen molar-refractivity contribution in [3.63, 3.8) is 0 Å². The molecule has 0 radical (unpaired) electrons. The van der Waals surface area contributed by atoms with Gasteiger partial charge in [0, 0.05) is 11.5 Å². The molecule has 4 nitrogen and oxygen atoms in total. The third-order valence-electron chi connectivity index (χ3n) is 4.85. The molecule has 0 aromatic heterocycles. The van der Waals surface area contributed by atoms with Gasteiger partial charge < -0.3 is 16.3 Å². The standard InChI is InChI=1S/C16H33N3O/c1-13(14-9-6-4-5-7-10-14)18-12-8-11-16(2,3)15(17)19-20/h13-14,18,20H,4-12H2,1-3H3,(H2,17,19)/t13-/m0/s1. The lowest BCUT2D eigenvalue weighted by Gasteiger charge is -2.26. The van der Waals surface area contributed by atoms with Crippen LogP contribution in [-0.2, 0) is 0 Å². The van der Waals surface area contributed by atoms with E-state index in [0.717, 1.165) is 25.3 Å². The highest BCUT2D eigenvalue weighted by atomic mass is 16.4. The summed E-state index contributed by atoms with van der Waals surface area (Å²) in [5, 5.41) is 15.6. The van der Waals surface area contributed by atoms with Crippen LogP contribution in [0.15, 0.2) is 5.16 Å². The summed E-state index contributed by atoms with van der Waals surface area (Å²) in [5.74, 6) is 1.17. The van der Waals surface area contributed by atoms with E-state index in [1.807, 2.05) is 13.8 Å². The van der Waals surface area contributed by atoms with Crippen LogP contribution >= 0.6 is 0 Å². The first kappa shape index (κ1) is 17.3. The van der Waals surface area contributed by atoms with Crippen LogP contribution in [0.3, 0.4) is 0 Å². The maximum Gasteiger partial charge on any atom is 0.144 e. The van der Waals surface area contributed by atoms with Crippen LogP contribution in [0.25, 0.3) is 0 Å². The third-order valence-corrected chi connectivity index (χ3v) is 4.85. The lowest BCUT2D eigenvalue weighted by atomic mass is 9.86. The van der Waals surface area contributed by atoms with Crippen molar-refractivity contribution >= 4 is 5.84 Å². The Bertz CT molecular complexity index is 294. The van der Waals surface area contributed by atoms with Gasteiger partial charge in [-0.15, -0.1) is 0 Å². The summed E-state index contributed by atoms with van der Waals surface area (Å²) in [5.41, 5.74) is 5.49. The number of hydrogen-bond donors (Lipinski definition) is 3. The number of amidine groups is 1. The molecule has 0 aromatic carbocycles. The Morgan fingerprint density at radius 2 is 1.90 bits per heavy atom. The van der Waals surface area contributed by atoms with E-state index in [1.165, 1.54) is 38.5 Å². The van der Waals surface area contributed by atoms with Crippen molar-refractivity contribution in [2.45, 2.75) is 78.2 Å². The summed E-state index contributed by atoms with van der Waals surface area (Å²) < 4.78 is 0. The molecule has 0 aromatic rings. The van der Waals surface area contributed by atoms with Gasteiger partial charge in [0.15, 0.2) is 0 Å². The molecule has 1 fully saturated rings. The van der Waals surface area contributed by atoms with Crippen LogP contribution < -0.4 is 11.1 Å². The van der Waals surface area contributed by atoms with E-state index >= 15 is 0 Å². The number of nitrogens with two attached hydrogens (primary N) is 1. The molecule has 20 heavy (non-hydrogen) atoms. The van der Waals surface area contributed by atoms with E-state index in [1.54, 1.807) is 0 Å². The molecule has 0 saturated heterocycles. The van der Waals surface area contributed by atoms with Crippen LogP contribution in [0.1, 0.15) is 72.1 Å². The first-order chi connectivity index (χ1) is 9.47. The van der Waals surface area contributed by atoms with E-state index in [0.29, 0.717) is 11.9 Å². The van der Waals surface area contributed by atoms with Crippen LogP contribution in [0, 0.1) is 11.3 Å². The quantitative estimate of drug-likeness (QED) is 0.167. The smallest absolute Gasteiger partial charge is 0.144 e. The molecule has 118 valence electrons. The summed E-state index contributed by atoms with van der Waals surface area (Å²) in [7, 11) is 0. The molecule has 0 unspecified atom stereocenters. The molecule has 1 atom stereocenters. The zero-order valence-electron chi connectivity index (χ0n) is 13.5. The summed E-state index contributed by atoms with van der Waals surface area (Å²) in [6.45, 7) is 7.39. The molecule has 0 spiro atoms. The normalized spacial score (nSPS) is 20.6. The fourth-order valence-corrected chi connectivity index (χ4v) is 3.10. The molecule has 4 heteroatoms. The minimum atomic E-state index is -0.220. The molecule has 1 aliphatic carbocycles.